The number of nitrogens with zero attached hydrogens (tertiary/aromatic N) is 4. The number of hydrogen-bond donors (Lipinski definition) is 1. The van der Waals surface area contributed by atoms with E-state index in [1.807, 2.05) is 12.1 Å². The van der Waals surface area contributed by atoms with Gasteiger partial charge in [0.1, 0.15) is 6.54 Å². The van der Waals surface area contributed by atoms with Gasteiger partial charge >= 0.3 is 11.7 Å². The number of benzene rings is 1. The molecular formula is C20H19N5O5. The van der Waals surface area contributed by atoms with Crippen LogP contribution in [-0.2, 0) is 30.2 Å². The molecule has 10 heteroatoms. The van der Waals surface area contributed by atoms with E-state index in [2.05, 4.69) is 9.97 Å². The molecule has 0 amide bonds. The molecule has 154 valence electrons. The SMILES string of the molecule is CC(OC(=O)Cn1c(=O)c2c(ncn2C)n(C)c1=O)C(=O)c1c[nH]c2ccccc12. The summed E-state index contributed by atoms with van der Waals surface area (Å²) in [4.78, 5) is 57.4. The van der Waals surface area contributed by atoms with Gasteiger partial charge in [0.25, 0.3) is 5.56 Å². The number of imidazole rings is 1. The quantitative estimate of drug-likeness (QED) is 0.383. The van der Waals surface area contributed by atoms with Crippen LogP contribution in [0.3, 0.4) is 0 Å². The Morgan fingerprint density at radius 3 is 2.70 bits per heavy atom. The molecule has 10 nitrogen and oxygen atoms in total. The number of ether oxygens (including phenoxy) is 1. The minimum absolute atomic E-state index is 0.188. The number of para-hydroxylation sites is 1. The molecule has 0 fully saturated rings. The van der Waals surface area contributed by atoms with Crippen LogP contribution < -0.4 is 11.2 Å². The van der Waals surface area contributed by atoms with Gasteiger partial charge in [-0.05, 0) is 13.0 Å². The van der Waals surface area contributed by atoms with Crippen LogP contribution in [0, 0.1) is 0 Å². The molecule has 3 heterocycles. The lowest BCUT2D eigenvalue weighted by molar-refractivity contribution is -0.147. The first-order valence-electron chi connectivity index (χ1n) is 9.20. The van der Waals surface area contributed by atoms with Crippen LogP contribution in [-0.4, -0.2) is 41.5 Å². The van der Waals surface area contributed by atoms with Crippen molar-refractivity contribution in [3.8, 4) is 0 Å². The second-order valence-corrected chi connectivity index (χ2v) is 7.00. The van der Waals surface area contributed by atoms with Crippen LogP contribution >= 0.6 is 0 Å². The first-order chi connectivity index (χ1) is 14.3. The lowest BCUT2D eigenvalue weighted by Gasteiger charge is -2.13. The molecular weight excluding hydrogens is 390 g/mol. The summed E-state index contributed by atoms with van der Waals surface area (Å²) in [5, 5.41) is 0.720. The normalized spacial score (nSPS) is 12.4. The standard InChI is InChI=1S/C20H19N5O5/c1-11(17(27)13-8-21-14-7-5-4-6-12(13)14)30-15(26)9-25-19(28)16-18(22-10-23(16)2)24(3)20(25)29/h4-8,10-11,21H,9H2,1-3H3. The average Bonchev–Trinajstić information content (AvgIpc) is 3.32. The summed E-state index contributed by atoms with van der Waals surface area (Å²) in [7, 11) is 3.08. The number of aryl methyl sites for hydroxylation is 2. The minimum Gasteiger partial charge on any atom is -0.453 e. The summed E-state index contributed by atoms with van der Waals surface area (Å²) in [6, 6.07) is 7.27. The summed E-state index contributed by atoms with van der Waals surface area (Å²) in [5.41, 5.74) is 0.251. The highest BCUT2D eigenvalue weighted by Gasteiger charge is 2.24. The molecule has 4 aromatic rings. The molecule has 0 aliphatic rings. The molecule has 1 N–H and O–H groups in total. The van der Waals surface area contributed by atoms with E-state index < -0.39 is 29.9 Å². The van der Waals surface area contributed by atoms with E-state index in [-0.39, 0.29) is 16.9 Å². The number of ketones is 1. The molecule has 0 aliphatic heterocycles. The van der Waals surface area contributed by atoms with Crippen LogP contribution in [0.25, 0.3) is 22.1 Å². The van der Waals surface area contributed by atoms with Crippen molar-refractivity contribution in [2.75, 3.05) is 0 Å². The van der Waals surface area contributed by atoms with Crippen LogP contribution in [0.1, 0.15) is 17.3 Å². The van der Waals surface area contributed by atoms with Gasteiger partial charge in [0.05, 0.1) is 6.33 Å². The Morgan fingerprint density at radius 1 is 1.20 bits per heavy atom. The summed E-state index contributed by atoms with van der Waals surface area (Å²) in [5.74, 6) is -1.25. The Bertz CT molecular complexity index is 1420. The molecule has 0 spiro atoms. The fourth-order valence-corrected chi connectivity index (χ4v) is 3.45. The van der Waals surface area contributed by atoms with E-state index in [4.69, 9.17) is 4.74 Å². The highest BCUT2D eigenvalue weighted by molar-refractivity contribution is 6.10. The Kier molecular flexibility index (Phi) is 4.61. The average molecular weight is 409 g/mol. The molecule has 30 heavy (non-hydrogen) atoms. The van der Waals surface area contributed by atoms with E-state index >= 15 is 0 Å². The summed E-state index contributed by atoms with van der Waals surface area (Å²) in [6.45, 7) is 0.839. The fraction of sp³-hybridized carbons (Fsp3) is 0.250. The van der Waals surface area contributed by atoms with E-state index in [1.165, 1.54) is 29.4 Å². The third kappa shape index (κ3) is 3.02. The number of esters is 1. The molecule has 1 unspecified atom stereocenters. The van der Waals surface area contributed by atoms with Gasteiger partial charge in [0.15, 0.2) is 17.3 Å². The van der Waals surface area contributed by atoms with Gasteiger partial charge in [0.2, 0.25) is 5.78 Å². The van der Waals surface area contributed by atoms with E-state index in [0.717, 1.165) is 15.5 Å². The lowest BCUT2D eigenvalue weighted by atomic mass is 10.1. The predicted molar refractivity (Wildman–Crippen MR) is 108 cm³/mol. The molecule has 0 radical (unpaired) electrons. The van der Waals surface area contributed by atoms with Gasteiger partial charge in [-0.25, -0.2) is 14.3 Å². The van der Waals surface area contributed by atoms with Crippen LogP contribution in [0.4, 0.5) is 0 Å². The molecule has 3 aromatic heterocycles. The van der Waals surface area contributed by atoms with E-state index in [9.17, 15) is 19.2 Å². The summed E-state index contributed by atoms with van der Waals surface area (Å²) >= 11 is 0. The number of rotatable bonds is 5. The van der Waals surface area contributed by atoms with Gasteiger partial charge in [-0.2, -0.15) is 0 Å². The second kappa shape index (κ2) is 7.14. The van der Waals surface area contributed by atoms with Crippen molar-refractivity contribution < 1.29 is 14.3 Å². The van der Waals surface area contributed by atoms with Crippen molar-refractivity contribution in [3.05, 3.63) is 63.2 Å². The molecule has 0 aliphatic carbocycles. The Morgan fingerprint density at radius 2 is 1.93 bits per heavy atom. The largest absolute Gasteiger partial charge is 0.453 e. The van der Waals surface area contributed by atoms with E-state index in [0.29, 0.717) is 5.56 Å². The minimum atomic E-state index is -1.09. The Balaban J connectivity index is 1.58. The van der Waals surface area contributed by atoms with Gasteiger partial charge in [-0.1, -0.05) is 18.2 Å². The zero-order valence-corrected chi connectivity index (χ0v) is 16.6. The van der Waals surface area contributed by atoms with Crippen molar-refractivity contribution in [3.63, 3.8) is 0 Å². The topological polar surface area (TPSA) is 121 Å². The van der Waals surface area contributed by atoms with Crippen LogP contribution in [0.15, 0.2) is 46.4 Å². The zero-order valence-electron chi connectivity index (χ0n) is 16.6. The number of carbonyl (C=O) groups excluding carboxylic acids is 2. The highest BCUT2D eigenvalue weighted by Crippen LogP contribution is 2.20. The van der Waals surface area contributed by atoms with Gasteiger partial charge in [-0.3, -0.25) is 19.0 Å². The third-order valence-electron chi connectivity index (χ3n) is 5.02. The number of H-pyrrole nitrogens is 1. The first-order valence-corrected chi connectivity index (χ1v) is 9.20. The van der Waals surface area contributed by atoms with Crippen molar-refractivity contribution in [2.24, 2.45) is 14.1 Å². The highest BCUT2D eigenvalue weighted by atomic mass is 16.5. The predicted octanol–water partition coefficient (Wildman–Crippen LogP) is 0.730. The first kappa shape index (κ1) is 19.4. The van der Waals surface area contributed by atoms with Gasteiger partial charge in [0, 0.05) is 36.8 Å². The molecule has 1 atom stereocenters. The monoisotopic (exact) mass is 409 g/mol. The van der Waals surface area contributed by atoms with Crippen molar-refractivity contribution in [2.45, 2.75) is 19.6 Å². The number of fused-ring (bicyclic) bond motifs is 2. The molecule has 4 rings (SSSR count). The summed E-state index contributed by atoms with van der Waals surface area (Å²) < 4.78 is 8.66. The molecule has 0 saturated heterocycles. The second-order valence-electron chi connectivity index (χ2n) is 7.00. The number of aromatic nitrogens is 5. The van der Waals surface area contributed by atoms with Crippen molar-refractivity contribution >= 4 is 33.8 Å². The smallest absolute Gasteiger partial charge is 0.333 e. The maximum atomic E-state index is 12.7. The fourth-order valence-electron chi connectivity index (χ4n) is 3.45. The number of carbonyl (C=O) groups is 2. The molecule has 1 aromatic carbocycles. The zero-order chi connectivity index (χ0) is 21.6. The van der Waals surface area contributed by atoms with Gasteiger partial charge < -0.3 is 14.3 Å². The molecule has 0 bridgehead atoms. The molecule has 0 saturated carbocycles. The number of hydrogen-bond acceptors (Lipinski definition) is 6. The third-order valence-corrected chi connectivity index (χ3v) is 5.02. The number of nitrogens with one attached hydrogen (secondary N) is 1. The Labute approximate surface area is 169 Å². The van der Waals surface area contributed by atoms with E-state index in [1.54, 1.807) is 25.4 Å². The number of aromatic amines is 1. The van der Waals surface area contributed by atoms with Crippen LogP contribution in [0.5, 0.6) is 0 Å². The summed E-state index contributed by atoms with van der Waals surface area (Å²) in [6.07, 6.45) is 1.89. The van der Waals surface area contributed by atoms with Crippen LogP contribution in [0.2, 0.25) is 0 Å². The Hall–Kier alpha value is -3.95. The number of Topliss-reactive ketones (excluding diaryl/α,β-unsaturated/α-hetero) is 1. The maximum absolute atomic E-state index is 12.7. The maximum Gasteiger partial charge on any atom is 0.333 e. The van der Waals surface area contributed by atoms with Gasteiger partial charge in [-0.15, -0.1) is 0 Å². The van der Waals surface area contributed by atoms with Crippen molar-refractivity contribution in [1.82, 2.24) is 23.7 Å². The lowest BCUT2D eigenvalue weighted by Crippen LogP contribution is -2.42. The van der Waals surface area contributed by atoms with Crippen molar-refractivity contribution in [1.29, 1.82) is 0 Å².